The van der Waals surface area contributed by atoms with Crippen LogP contribution >= 0.6 is 23.2 Å². The maximum Gasteiger partial charge on any atom is 0.339 e. The second-order valence-electron chi connectivity index (χ2n) is 4.16. The van der Waals surface area contributed by atoms with Crippen molar-refractivity contribution in [3.63, 3.8) is 0 Å². The van der Waals surface area contributed by atoms with Gasteiger partial charge in [0.25, 0.3) is 0 Å². The van der Waals surface area contributed by atoms with E-state index in [0.29, 0.717) is 21.4 Å². The zero-order chi connectivity index (χ0) is 15.4. The number of halogens is 2. The van der Waals surface area contributed by atoms with E-state index in [-0.39, 0.29) is 17.9 Å². The molecule has 110 valence electrons. The fourth-order valence-corrected chi connectivity index (χ4v) is 2.26. The number of methoxy groups -OCH3 is 1. The molecule has 21 heavy (non-hydrogen) atoms. The van der Waals surface area contributed by atoms with Gasteiger partial charge >= 0.3 is 5.97 Å². The Bertz CT molecular complexity index is 650. The lowest BCUT2D eigenvalue weighted by molar-refractivity contribution is 0.0691. The highest BCUT2D eigenvalue weighted by atomic mass is 35.5. The first-order chi connectivity index (χ1) is 10.0. The number of carbonyl (C=O) groups is 1. The predicted molar refractivity (Wildman–Crippen MR) is 80.7 cm³/mol. The zero-order valence-corrected chi connectivity index (χ0v) is 12.6. The third-order valence-electron chi connectivity index (χ3n) is 2.85. The first-order valence-electron chi connectivity index (χ1n) is 6.00. The van der Waals surface area contributed by atoms with Gasteiger partial charge in [0.2, 0.25) is 0 Å². The van der Waals surface area contributed by atoms with E-state index in [0.717, 1.165) is 0 Å². The summed E-state index contributed by atoms with van der Waals surface area (Å²) in [6.45, 7) is 0.0745. The van der Waals surface area contributed by atoms with Crippen molar-refractivity contribution in [3.05, 3.63) is 57.6 Å². The van der Waals surface area contributed by atoms with Crippen molar-refractivity contribution in [2.24, 2.45) is 0 Å². The molecule has 0 fully saturated rings. The number of hydrogen-bond acceptors (Lipinski definition) is 3. The second-order valence-corrected chi connectivity index (χ2v) is 4.97. The molecule has 0 heterocycles. The Balaban J connectivity index is 2.26. The largest absolute Gasteiger partial charge is 0.497 e. The van der Waals surface area contributed by atoms with Crippen LogP contribution in [0.5, 0.6) is 11.5 Å². The highest BCUT2D eigenvalue weighted by molar-refractivity contribution is 6.35. The van der Waals surface area contributed by atoms with Gasteiger partial charge in [0.1, 0.15) is 23.7 Å². The third kappa shape index (κ3) is 3.60. The smallest absolute Gasteiger partial charge is 0.339 e. The molecule has 1 N–H and O–H groups in total. The van der Waals surface area contributed by atoms with Crippen LogP contribution in [0.4, 0.5) is 0 Å². The number of aromatic carboxylic acids is 1. The lowest BCUT2D eigenvalue weighted by Crippen LogP contribution is -2.04. The van der Waals surface area contributed by atoms with Crippen LogP contribution in [-0.4, -0.2) is 18.2 Å². The average Bonchev–Trinajstić information content (AvgIpc) is 2.46. The lowest BCUT2D eigenvalue weighted by atomic mass is 10.2. The molecule has 4 nitrogen and oxygen atoms in total. The fourth-order valence-electron chi connectivity index (χ4n) is 1.75. The number of benzene rings is 2. The summed E-state index contributed by atoms with van der Waals surface area (Å²) in [6.07, 6.45) is 0. The monoisotopic (exact) mass is 326 g/mol. The molecule has 2 rings (SSSR count). The molecular weight excluding hydrogens is 315 g/mol. The van der Waals surface area contributed by atoms with Crippen molar-refractivity contribution in [1.82, 2.24) is 0 Å². The summed E-state index contributed by atoms with van der Waals surface area (Å²) in [5.41, 5.74) is 0.616. The number of carboxylic acid groups (broad SMARTS) is 1. The van der Waals surface area contributed by atoms with Gasteiger partial charge in [-0.3, -0.25) is 0 Å². The maximum atomic E-state index is 11.2. The SMILES string of the molecule is COc1ccc(OCc2c(Cl)cccc2Cl)c(C(=O)O)c1. The molecule has 0 aliphatic rings. The molecular formula is C15H12Cl2O4. The first kappa shape index (κ1) is 15.5. The standard InChI is InChI=1S/C15H12Cl2O4/c1-20-9-5-6-14(10(7-9)15(18)19)21-8-11-12(16)3-2-4-13(11)17/h2-7H,8H2,1H3,(H,18,19). The van der Waals surface area contributed by atoms with Gasteiger partial charge in [0.05, 0.1) is 7.11 Å². The van der Waals surface area contributed by atoms with E-state index in [9.17, 15) is 9.90 Å². The quantitative estimate of drug-likeness (QED) is 0.890. The van der Waals surface area contributed by atoms with Crippen LogP contribution in [-0.2, 0) is 6.61 Å². The van der Waals surface area contributed by atoms with Gasteiger partial charge < -0.3 is 14.6 Å². The van der Waals surface area contributed by atoms with E-state index in [1.54, 1.807) is 24.3 Å². The van der Waals surface area contributed by atoms with Crippen molar-refractivity contribution in [2.75, 3.05) is 7.11 Å². The molecule has 0 saturated carbocycles. The van der Waals surface area contributed by atoms with E-state index < -0.39 is 5.97 Å². The molecule has 0 unspecified atom stereocenters. The van der Waals surface area contributed by atoms with Crippen molar-refractivity contribution < 1.29 is 19.4 Å². The average molecular weight is 327 g/mol. The topological polar surface area (TPSA) is 55.8 Å². The molecule has 0 radical (unpaired) electrons. The van der Waals surface area contributed by atoms with Crippen molar-refractivity contribution in [2.45, 2.75) is 6.61 Å². The van der Waals surface area contributed by atoms with Crippen molar-refractivity contribution >= 4 is 29.2 Å². The van der Waals surface area contributed by atoms with Crippen LogP contribution in [0.3, 0.4) is 0 Å². The van der Waals surface area contributed by atoms with Crippen LogP contribution in [0.2, 0.25) is 10.0 Å². The molecule has 2 aromatic rings. The normalized spacial score (nSPS) is 10.2. The van der Waals surface area contributed by atoms with E-state index in [4.69, 9.17) is 32.7 Å². The van der Waals surface area contributed by atoms with Crippen LogP contribution < -0.4 is 9.47 Å². The van der Waals surface area contributed by atoms with Crippen LogP contribution in [0.15, 0.2) is 36.4 Å². The van der Waals surface area contributed by atoms with E-state index >= 15 is 0 Å². The van der Waals surface area contributed by atoms with E-state index in [1.807, 2.05) is 0 Å². The van der Waals surface area contributed by atoms with Gasteiger partial charge in [-0.15, -0.1) is 0 Å². The molecule has 2 aromatic carbocycles. The molecule has 0 amide bonds. The summed E-state index contributed by atoms with van der Waals surface area (Å²) in [7, 11) is 1.46. The Morgan fingerprint density at radius 3 is 2.43 bits per heavy atom. The summed E-state index contributed by atoms with van der Waals surface area (Å²) in [4.78, 5) is 11.2. The molecule has 0 aliphatic carbocycles. The van der Waals surface area contributed by atoms with Gasteiger partial charge in [-0.1, -0.05) is 29.3 Å². The molecule has 0 saturated heterocycles. The lowest BCUT2D eigenvalue weighted by Gasteiger charge is -2.12. The third-order valence-corrected chi connectivity index (χ3v) is 3.56. The van der Waals surface area contributed by atoms with Gasteiger partial charge in [-0.25, -0.2) is 4.79 Å². The summed E-state index contributed by atoms with van der Waals surface area (Å²) >= 11 is 12.1. The fraction of sp³-hybridized carbons (Fsp3) is 0.133. The minimum Gasteiger partial charge on any atom is -0.497 e. The predicted octanol–water partition coefficient (Wildman–Crippen LogP) is 4.28. The van der Waals surface area contributed by atoms with Crippen LogP contribution in [0, 0.1) is 0 Å². The zero-order valence-electron chi connectivity index (χ0n) is 11.1. The molecule has 0 spiro atoms. The van der Waals surface area contributed by atoms with Gasteiger partial charge in [0.15, 0.2) is 0 Å². The first-order valence-corrected chi connectivity index (χ1v) is 6.75. The van der Waals surface area contributed by atoms with Crippen LogP contribution in [0.25, 0.3) is 0 Å². The number of carboxylic acids is 1. The Labute approximate surface area is 131 Å². The molecule has 0 bridgehead atoms. The minimum atomic E-state index is -1.10. The van der Waals surface area contributed by atoms with E-state index in [1.165, 1.54) is 19.2 Å². The van der Waals surface area contributed by atoms with E-state index in [2.05, 4.69) is 0 Å². The maximum absolute atomic E-state index is 11.2. The van der Waals surface area contributed by atoms with Gasteiger partial charge in [0, 0.05) is 15.6 Å². The Kier molecular flexibility index (Phi) is 4.94. The summed E-state index contributed by atoms with van der Waals surface area (Å²) in [6, 6.07) is 9.66. The number of hydrogen-bond donors (Lipinski definition) is 1. The second kappa shape index (κ2) is 6.70. The number of ether oxygens (including phenoxy) is 2. The minimum absolute atomic E-state index is 0.0116. The van der Waals surface area contributed by atoms with Crippen molar-refractivity contribution in [1.29, 1.82) is 0 Å². The summed E-state index contributed by atoms with van der Waals surface area (Å²) in [5.74, 6) is -0.441. The Hall–Kier alpha value is -1.91. The highest BCUT2D eigenvalue weighted by Crippen LogP contribution is 2.28. The molecule has 0 atom stereocenters. The molecule has 0 aromatic heterocycles. The Morgan fingerprint density at radius 1 is 1.19 bits per heavy atom. The van der Waals surface area contributed by atoms with Gasteiger partial charge in [-0.2, -0.15) is 0 Å². The number of rotatable bonds is 5. The summed E-state index contributed by atoms with van der Waals surface area (Å²) < 4.78 is 10.5. The van der Waals surface area contributed by atoms with Gasteiger partial charge in [-0.05, 0) is 30.3 Å². The van der Waals surface area contributed by atoms with Crippen molar-refractivity contribution in [3.8, 4) is 11.5 Å². The van der Waals surface area contributed by atoms with Crippen LogP contribution in [0.1, 0.15) is 15.9 Å². The molecule has 6 heteroatoms. The summed E-state index contributed by atoms with van der Waals surface area (Å²) in [5, 5.41) is 10.1. The Morgan fingerprint density at radius 2 is 1.86 bits per heavy atom. The highest BCUT2D eigenvalue weighted by Gasteiger charge is 2.14. The molecule has 0 aliphatic heterocycles.